The van der Waals surface area contributed by atoms with Crippen molar-refractivity contribution in [1.82, 2.24) is 10.2 Å². The van der Waals surface area contributed by atoms with Crippen molar-refractivity contribution in [2.45, 2.75) is 57.2 Å². The highest BCUT2D eigenvalue weighted by Crippen LogP contribution is 2.39. The fourth-order valence-corrected chi connectivity index (χ4v) is 4.00. The molecule has 146 valence electrons. The standard InChI is InChI=1S/C21H29N3O3/c1-15-2-6-17(7-3-15)23-20(26)24-12-10-21(11-13-24)9-8-18(27-21)19(25)22-14-16-4-5-16/h2-3,6-7,16,18H,4-5,8-14H2,1H3,(H,22,25)(H,23,26)/t18-/m1/s1. The zero-order chi connectivity index (χ0) is 18.9. The van der Waals surface area contributed by atoms with Crippen molar-refractivity contribution >= 4 is 17.6 Å². The molecule has 6 nitrogen and oxygen atoms in total. The van der Waals surface area contributed by atoms with Crippen molar-refractivity contribution in [3.8, 4) is 0 Å². The van der Waals surface area contributed by atoms with Gasteiger partial charge in [0.05, 0.1) is 5.60 Å². The summed E-state index contributed by atoms with van der Waals surface area (Å²) in [5, 5.41) is 5.99. The molecule has 0 aromatic heterocycles. The highest BCUT2D eigenvalue weighted by Gasteiger charge is 2.45. The number of urea groups is 1. The summed E-state index contributed by atoms with van der Waals surface area (Å²) in [6.45, 7) is 4.14. The molecule has 1 aromatic rings. The van der Waals surface area contributed by atoms with Gasteiger partial charge in [-0.25, -0.2) is 4.79 Å². The Morgan fingerprint density at radius 3 is 2.48 bits per heavy atom. The minimum Gasteiger partial charge on any atom is -0.362 e. The lowest BCUT2D eigenvalue weighted by Crippen LogP contribution is -2.48. The molecule has 3 fully saturated rings. The van der Waals surface area contributed by atoms with Gasteiger partial charge in [0.2, 0.25) is 5.91 Å². The second-order valence-electron chi connectivity index (χ2n) is 8.30. The lowest BCUT2D eigenvalue weighted by molar-refractivity contribution is -0.140. The molecule has 2 N–H and O–H groups in total. The number of rotatable bonds is 4. The highest BCUT2D eigenvalue weighted by atomic mass is 16.5. The molecular formula is C21H29N3O3. The fourth-order valence-electron chi connectivity index (χ4n) is 4.00. The van der Waals surface area contributed by atoms with Crippen LogP contribution >= 0.6 is 0 Å². The molecule has 0 bridgehead atoms. The number of ether oxygens (including phenoxy) is 1. The smallest absolute Gasteiger partial charge is 0.321 e. The molecule has 6 heteroatoms. The van der Waals surface area contributed by atoms with Crippen molar-refractivity contribution in [3.63, 3.8) is 0 Å². The molecule has 27 heavy (non-hydrogen) atoms. The maximum atomic E-state index is 12.5. The fraction of sp³-hybridized carbons (Fsp3) is 0.619. The first-order chi connectivity index (χ1) is 13.0. The van der Waals surface area contributed by atoms with Gasteiger partial charge in [-0.1, -0.05) is 17.7 Å². The number of nitrogens with one attached hydrogen (secondary N) is 2. The summed E-state index contributed by atoms with van der Waals surface area (Å²) < 4.78 is 6.19. The quantitative estimate of drug-likeness (QED) is 0.854. The van der Waals surface area contributed by atoms with E-state index in [-0.39, 0.29) is 23.6 Å². The van der Waals surface area contributed by atoms with Crippen LogP contribution in [-0.2, 0) is 9.53 Å². The lowest BCUT2D eigenvalue weighted by atomic mass is 9.88. The van der Waals surface area contributed by atoms with E-state index in [2.05, 4.69) is 10.6 Å². The molecule has 2 heterocycles. The summed E-state index contributed by atoms with van der Waals surface area (Å²) in [5.41, 5.74) is 1.75. The predicted molar refractivity (Wildman–Crippen MR) is 104 cm³/mol. The first kappa shape index (κ1) is 18.3. The number of anilines is 1. The predicted octanol–water partition coefficient (Wildman–Crippen LogP) is 3.07. The topological polar surface area (TPSA) is 70.7 Å². The summed E-state index contributed by atoms with van der Waals surface area (Å²) in [6.07, 6.45) is 5.42. The van der Waals surface area contributed by atoms with Gasteiger partial charge in [0.1, 0.15) is 6.10 Å². The van der Waals surface area contributed by atoms with Gasteiger partial charge in [-0.3, -0.25) is 4.79 Å². The molecule has 1 aromatic carbocycles. The Kier molecular flexibility index (Phi) is 5.08. The number of carbonyl (C=O) groups excluding carboxylic acids is 2. The van der Waals surface area contributed by atoms with Crippen LogP contribution in [0.25, 0.3) is 0 Å². The van der Waals surface area contributed by atoms with Gasteiger partial charge in [0.15, 0.2) is 0 Å². The lowest BCUT2D eigenvalue weighted by Gasteiger charge is -2.39. The highest BCUT2D eigenvalue weighted by molar-refractivity contribution is 5.89. The maximum absolute atomic E-state index is 12.5. The summed E-state index contributed by atoms with van der Waals surface area (Å²) in [4.78, 5) is 26.6. The second-order valence-corrected chi connectivity index (χ2v) is 8.30. The minimum absolute atomic E-state index is 0.0401. The van der Waals surface area contributed by atoms with Crippen LogP contribution in [0.1, 0.15) is 44.1 Å². The maximum Gasteiger partial charge on any atom is 0.321 e. The van der Waals surface area contributed by atoms with E-state index in [0.717, 1.165) is 37.9 Å². The monoisotopic (exact) mass is 371 g/mol. The zero-order valence-corrected chi connectivity index (χ0v) is 16.0. The Hall–Kier alpha value is -2.08. The second kappa shape index (κ2) is 7.50. The van der Waals surface area contributed by atoms with E-state index in [1.165, 1.54) is 18.4 Å². The number of aryl methyl sites for hydroxylation is 1. The third-order valence-electron chi connectivity index (χ3n) is 6.07. The van der Waals surface area contributed by atoms with Gasteiger partial charge in [-0.2, -0.15) is 0 Å². The SMILES string of the molecule is Cc1ccc(NC(=O)N2CCC3(CC[C@H](C(=O)NCC4CC4)O3)CC2)cc1. The zero-order valence-electron chi connectivity index (χ0n) is 16.0. The van der Waals surface area contributed by atoms with Gasteiger partial charge in [0.25, 0.3) is 0 Å². The number of benzene rings is 1. The Morgan fingerprint density at radius 2 is 1.81 bits per heavy atom. The molecule has 1 atom stereocenters. The van der Waals surface area contributed by atoms with Crippen LogP contribution in [-0.4, -0.2) is 48.2 Å². The van der Waals surface area contributed by atoms with E-state index in [1.807, 2.05) is 36.1 Å². The van der Waals surface area contributed by atoms with Crippen molar-refractivity contribution < 1.29 is 14.3 Å². The molecule has 3 amide bonds. The van der Waals surface area contributed by atoms with E-state index in [4.69, 9.17) is 4.74 Å². The van der Waals surface area contributed by atoms with E-state index in [1.54, 1.807) is 0 Å². The van der Waals surface area contributed by atoms with E-state index >= 15 is 0 Å². The van der Waals surface area contributed by atoms with Crippen LogP contribution in [0.3, 0.4) is 0 Å². The Bertz CT molecular complexity index is 691. The van der Waals surface area contributed by atoms with Gasteiger partial charge in [0, 0.05) is 25.3 Å². The third kappa shape index (κ3) is 4.43. The molecule has 2 aliphatic heterocycles. The molecule has 2 saturated heterocycles. The number of nitrogens with zero attached hydrogens (tertiary/aromatic N) is 1. The number of carbonyl (C=O) groups is 2. The average molecular weight is 371 g/mol. The Labute approximate surface area is 160 Å². The van der Waals surface area contributed by atoms with Crippen LogP contribution in [0.15, 0.2) is 24.3 Å². The summed E-state index contributed by atoms with van der Waals surface area (Å²) in [5.74, 6) is 0.720. The van der Waals surface area contributed by atoms with E-state index in [9.17, 15) is 9.59 Å². The number of hydrogen-bond donors (Lipinski definition) is 2. The van der Waals surface area contributed by atoms with Crippen molar-refractivity contribution in [2.75, 3.05) is 25.0 Å². The summed E-state index contributed by atoms with van der Waals surface area (Å²) >= 11 is 0. The number of likely N-dealkylation sites (tertiary alicyclic amines) is 1. The summed E-state index contributed by atoms with van der Waals surface area (Å²) in [6, 6.07) is 7.75. The van der Waals surface area contributed by atoms with Gasteiger partial charge < -0.3 is 20.3 Å². The molecule has 3 aliphatic rings. The third-order valence-corrected chi connectivity index (χ3v) is 6.07. The van der Waals surface area contributed by atoms with Crippen LogP contribution in [0.4, 0.5) is 10.5 Å². The normalized spacial score (nSPS) is 24.0. The molecule has 1 saturated carbocycles. The molecule has 1 aliphatic carbocycles. The molecule has 4 rings (SSSR count). The Morgan fingerprint density at radius 1 is 1.11 bits per heavy atom. The van der Waals surface area contributed by atoms with Crippen molar-refractivity contribution in [3.05, 3.63) is 29.8 Å². The van der Waals surface area contributed by atoms with E-state index < -0.39 is 0 Å². The van der Waals surface area contributed by atoms with Crippen LogP contribution in [0, 0.1) is 12.8 Å². The van der Waals surface area contributed by atoms with E-state index in [0.29, 0.717) is 19.0 Å². The molecular weight excluding hydrogens is 342 g/mol. The van der Waals surface area contributed by atoms with Gasteiger partial charge in [-0.15, -0.1) is 0 Å². The average Bonchev–Trinajstić information content (AvgIpc) is 3.42. The first-order valence-electron chi connectivity index (χ1n) is 10.1. The van der Waals surface area contributed by atoms with Crippen LogP contribution in [0.2, 0.25) is 0 Å². The minimum atomic E-state index is -0.323. The van der Waals surface area contributed by atoms with Gasteiger partial charge >= 0.3 is 6.03 Å². The Balaban J connectivity index is 1.25. The molecule has 0 unspecified atom stereocenters. The van der Waals surface area contributed by atoms with Crippen LogP contribution in [0.5, 0.6) is 0 Å². The van der Waals surface area contributed by atoms with Gasteiger partial charge in [-0.05, 0) is 63.5 Å². The molecule has 0 radical (unpaired) electrons. The molecule has 1 spiro atoms. The first-order valence-corrected chi connectivity index (χ1v) is 10.1. The summed E-state index contributed by atoms with van der Waals surface area (Å²) in [7, 11) is 0. The number of amides is 3. The van der Waals surface area contributed by atoms with Crippen molar-refractivity contribution in [2.24, 2.45) is 5.92 Å². The number of hydrogen-bond acceptors (Lipinski definition) is 3. The number of piperidine rings is 1. The largest absolute Gasteiger partial charge is 0.362 e. The van der Waals surface area contributed by atoms with Crippen molar-refractivity contribution in [1.29, 1.82) is 0 Å². The van der Waals surface area contributed by atoms with Crippen LogP contribution < -0.4 is 10.6 Å².